The van der Waals surface area contributed by atoms with Crippen molar-refractivity contribution in [1.82, 2.24) is 14.5 Å². The second-order valence-electron chi connectivity index (χ2n) is 8.20. The molecule has 0 radical (unpaired) electrons. The highest BCUT2D eigenvalue weighted by atomic mass is 32.2. The van der Waals surface area contributed by atoms with Gasteiger partial charge in [-0.15, -0.1) is 0 Å². The van der Waals surface area contributed by atoms with Crippen LogP contribution < -0.4 is 5.32 Å². The number of hydrogen-bond acceptors (Lipinski definition) is 4. The van der Waals surface area contributed by atoms with Crippen LogP contribution in [-0.2, 0) is 32.7 Å². The van der Waals surface area contributed by atoms with Gasteiger partial charge in [-0.2, -0.15) is 4.31 Å². The molecular formula is C25H35N3O4S. The second-order valence-corrected chi connectivity index (χ2v) is 10.2. The largest absolute Gasteiger partial charge is 0.354 e. The lowest BCUT2D eigenvalue weighted by Crippen LogP contribution is -2.51. The molecule has 33 heavy (non-hydrogen) atoms. The lowest BCUT2D eigenvalue weighted by molar-refractivity contribution is -0.140. The molecule has 0 unspecified atom stereocenters. The van der Waals surface area contributed by atoms with Gasteiger partial charge in [0.2, 0.25) is 21.8 Å². The van der Waals surface area contributed by atoms with E-state index in [2.05, 4.69) is 12.2 Å². The quantitative estimate of drug-likeness (QED) is 0.453. The Hall–Kier alpha value is -2.71. The number of amides is 2. The Bertz CT molecular complexity index is 981. The molecule has 1 N–H and O–H groups in total. The average molecular weight is 474 g/mol. The summed E-state index contributed by atoms with van der Waals surface area (Å²) in [6.45, 7) is 4.28. The lowest BCUT2D eigenvalue weighted by Gasteiger charge is -2.31. The van der Waals surface area contributed by atoms with Gasteiger partial charge in [0, 0.05) is 19.6 Å². The predicted molar refractivity (Wildman–Crippen MR) is 131 cm³/mol. The summed E-state index contributed by atoms with van der Waals surface area (Å²) in [6.07, 6.45) is 4.03. The maximum absolute atomic E-state index is 13.4. The summed E-state index contributed by atoms with van der Waals surface area (Å²) in [5, 5.41) is 2.90. The minimum atomic E-state index is -3.65. The Morgan fingerprint density at radius 2 is 1.45 bits per heavy atom. The molecule has 7 nitrogen and oxygen atoms in total. The predicted octanol–water partition coefficient (Wildman–Crippen LogP) is 3.17. The number of nitrogens with zero attached hydrogens (tertiary/aromatic N) is 2. The highest BCUT2D eigenvalue weighted by Gasteiger charge is 2.29. The van der Waals surface area contributed by atoms with Crippen molar-refractivity contribution in [3.05, 3.63) is 71.8 Å². The molecular weight excluding hydrogens is 438 g/mol. The fourth-order valence-corrected chi connectivity index (χ4v) is 4.14. The summed E-state index contributed by atoms with van der Waals surface area (Å²) in [6, 6.07) is 17.8. The van der Waals surface area contributed by atoms with Crippen molar-refractivity contribution in [3.8, 4) is 0 Å². The molecule has 1 atom stereocenters. The number of benzene rings is 2. The molecule has 0 aliphatic rings. The van der Waals surface area contributed by atoms with Gasteiger partial charge >= 0.3 is 0 Å². The normalized spacial score (nSPS) is 12.4. The van der Waals surface area contributed by atoms with Crippen molar-refractivity contribution in [2.24, 2.45) is 0 Å². The first kappa shape index (κ1) is 26.5. The molecule has 2 aromatic carbocycles. The Morgan fingerprint density at radius 1 is 0.909 bits per heavy atom. The Kier molecular flexibility index (Phi) is 10.5. The molecule has 2 amide bonds. The maximum Gasteiger partial charge on any atom is 0.242 e. The monoisotopic (exact) mass is 473 g/mol. The van der Waals surface area contributed by atoms with Crippen molar-refractivity contribution < 1.29 is 18.0 Å². The van der Waals surface area contributed by atoms with E-state index in [-0.39, 0.29) is 25.5 Å². The number of rotatable bonds is 13. The molecule has 0 aliphatic carbocycles. The fourth-order valence-electron chi connectivity index (χ4n) is 3.42. The smallest absolute Gasteiger partial charge is 0.242 e. The van der Waals surface area contributed by atoms with Crippen molar-refractivity contribution >= 4 is 21.8 Å². The van der Waals surface area contributed by atoms with Crippen LogP contribution in [0.1, 0.15) is 44.2 Å². The van der Waals surface area contributed by atoms with Crippen LogP contribution in [0, 0.1) is 0 Å². The summed E-state index contributed by atoms with van der Waals surface area (Å²) in [5.74, 6) is -0.666. The van der Waals surface area contributed by atoms with Gasteiger partial charge in [-0.05, 0) is 24.5 Å². The zero-order valence-corrected chi connectivity index (χ0v) is 20.6. The molecule has 0 bridgehead atoms. The molecule has 0 aromatic heterocycles. The van der Waals surface area contributed by atoms with E-state index >= 15 is 0 Å². The van der Waals surface area contributed by atoms with Crippen molar-refractivity contribution in [2.75, 3.05) is 19.3 Å². The van der Waals surface area contributed by atoms with Gasteiger partial charge in [-0.3, -0.25) is 9.59 Å². The number of hydrogen-bond donors (Lipinski definition) is 1. The van der Waals surface area contributed by atoms with Crippen LogP contribution in [0.5, 0.6) is 0 Å². The minimum absolute atomic E-state index is 0.0855. The summed E-state index contributed by atoms with van der Waals surface area (Å²) >= 11 is 0. The molecule has 2 aromatic rings. The van der Waals surface area contributed by atoms with Gasteiger partial charge in [-0.25, -0.2) is 8.42 Å². The number of sulfonamides is 1. The van der Waals surface area contributed by atoms with Gasteiger partial charge in [0.1, 0.15) is 6.04 Å². The highest BCUT2D eigenvalue weighted by Crippen LogP contribution is 2.13. The van der Waals surface area contributed by atoms with Crippen LogP contribution in [0.2, 0.25) is 0 Å². The lowest BCUT2D eigenvalue weighted by atomic mass is 10.1. The van der Waals surface area contributed by atoms with Crippen LogP contribution >= 0.6 is 0 Å². The van der Waals surface area contributed by atoms with Crippen LogP contribution in [-0.4, -0.2) is 54.8 Å². The third kappa shape index (κ3) is 8.98. The number of unbranched alkanes of at least 4 members (excludes halogenated alkanes) is 2. The minimum Gasteiger partial charge on any atom is -0.354 e. The van der Waals surface area contributed by atoms with Gasteiger partial charge in [-0.1, -0.05) is 80.4 Å². The fraction of sp³-hybridized carbons (Fsp3) is 0.440. The summed E-state index contributed by atoms with van der Waals surface area (Å²) in [5.41, 5.74) is 1.65. The third-order valence-corrected chi connectivity index (χ3v) is 6.62. The summed E-state index contributed by atoms with van der Waals surface area (Å²) in [7, 11) is -3.65. The molecule has 0 fully saturated rings. The molecule has 180 valence electrons. The van der Waals surface area contributed by atoms with Gasteiger partial charge in [0.15, 0.2) is 0 Å². The highest BCUT2D eigenvalue weighted by molar-refractivity contribution is 7.88. The summed E-state index contributed by atoms with van der Waals surface area (Å²) in [4.78, 5) is 27.6. The van der Waals surface area contributed by atoms with E-state index < -0.39 is 22.0 Å². The maximum atomic E-state index is 13.4. The first-order valence-electron chi connectivity index (χ1n) is 11.3. The number of carbonyl (C=O) groups excluding carboxylic acids is 2. The third-order valence-electron chi connectivity index (χ3n) is 5.42. The standard InChI is InChI=1S/C25H35N3O4S/c1-4-5-12-17-26-25(30)21(2)28(19-23-15-10-7-11-16-23)24(29)20-27(33(3,31)32)18-22-13-8-6-9-14-22/h6-11,13-16,21H,4-5,12,17-20H2,1-3H3,(H,26,30)/t21-/m1/s1. The Balaban J connectivity index is 2.20. The van der Waals surface area contributed by atoms with Crippen LogP contribution in [0.15, 0.2) is 60.7 Å². The van der Waals surface area contributed by atoms with E-state index in [0.717, 1.165) is 41.0 Å². The zero-order valence-electron chi connectivity index (χ0n) is 19.7. The number of nitrogens with one attached hydrogen (secondary N) is 1. The molecule has 0 aliphatic heterocycles. The van der Waals surface area contributed by atoms with Crippen molar-refractivity contribution in [3.63, 3.8) is 0 Å². The zero-order chi connectivity index (χ0) is 24.3. The first-order chi connectivity index (χ1) is 15.7. The van der Waals surface area contributed by atoms with E-state index in [0.29, 0.717) is 6.54 Å². The Labute approximate surface area is 197 Å². The molecule has 0 heterocycles. The van der Waals surface area contributed by atoms with Gasteiger partial charge < -0.3 is 10.2 Å². The van der Waals surface area contributed by atoms with E-state index in [9.17, 15) is 18.0 Å². The van der Waals surface area contributed by atoms with Crippen molar-refractivity contribution in [1.29, 1.82) is 0 Å². The van der Waals surface area contributed by atoms with Crippen LogP contribution in [0.3, 0.4) is 0 Å². The molecule has 0 spiro atoms. The molecule has 2 rings (SSSR count). The second kappa shape index (κ2) is 13.1. The van der Waals surface area contributed by atoms with Crippen molar-refractivity contribution in [2.45, 2.75) is 52.2 Å². The average Bonchev–Trinajstić information content (AvgIpc) is 2.80. The Morgan fingerprint density at radius 3 is 1.97 bits per heavy atom. The molecule has 8 heteroatoms. The summed E-state index contributed by atoms with van der Waals surface area (Å²) < 4.78 is 26.0. The van der Waals surface area contributed by atoms with Crippen LogP contribution in [0.25, 0.3) is 0 Å². The topological polar surface area (TPSA) is 86.8 Å². The number of carbonyl (C=O) groups is 2. The van der Waals surface area contributed by atoms with Gasteiger partial charge in [0.05, 0.1) is 12.8 Å². The molecule has 0 saturated carbocycles. The van der Waals surface area contributed by atoms with E-state index in [1.165, 1.54) is 4.90 Å². The van der Waals surface area contributed by atoms with E-state index in [4.69, 9.17) is 0 Å². The van der Waals surface area contributed by atoms with E-state index in [1.54, 1.807) is 6.92 Å². The van der Waals surface area contributed by atoms with Crippen LogP contribution in [0.4, 0.5) is 0 Å². The molecule has 0 saturated heterocycles. The first-order valence-corrected chi connectivity index (χ1v) is 13.2. The van der Waals surface area contributed by atoms with E-state index in [1.807, 2.05) is 60.7 Å². The van der Waals surface area contributed by atoms with Gasteiger partial charge in [0.25, 0.3) is 0 Å². The SMILES string of the molecule is CCCCCNC(=O)[C@@H](C)N(Cc1ccccc1)C(=O)CN(Cc1ccccc1)S(C)(=O)=O.